The standard InChI is InChI=1S/C48H82F2N8O5/c1-5-28-60-30-32-62-34-35-63-33-31-61-29-26-54-37-43(56-53)17-13-8-6-7-9-14-18-46(52)58(40(4)51)39(3)36-44-20-19-38(2)57(44)27-23-45(41-15-11-10-12-16-41)55-47(59)42-21-24-48(49,50)25-22-42/h10-12,15-16,37-39,42,44-45,51-52H,5-9,13-14,17-36,53H2,1-4H3,(H,55,59)/b51-40?,52-46?,54-37?,56-43-. The summed E-state index contributed by atoms with van der Waals surface area (Å²) in [4.78, 5) is 22.2. The molecule has 1 aliphatic heterocycles. The van der Waals surface area contributed by atoms with Crippen molar-refractivity contribution >= 4 is 29.5 Å². The first kappa shape index (κ1) is 54.0. The summed E-state index contributed by atoms with van der Waals surface area (Å²) in [6, 6.07) is 10.4. The Bertz CT molecular complexity index is 1480. The Labute approximate surface area is 377 Å². The number of benzene rings is 1. The number of hydrogen-bond acceptors (Lipinski definition) is 11. The zero-order chi connectivity index (χ0) is 45.7. The third-order valence-corrected chi connectivity index (χ3v) is 12.3. The molecule has 5 N–H and O–H groups in total. The van der Waals surface area contributed by atoms with Gasteiger partial charge < -0.3 is 35.0 Å². The van der Waals surface area contributed by atoms with Gasteiger partial charge in [0.25, 0.3) is 0 Å². The Kier molecular flexibility index (Phi) is 27.0. The predicted octanol–water partition coefficient (Wildman–Crippen LogP) is 8.95. The Hall–Kier alpha value is -3.37. The fourth-order valence-corrected chi connectivity index (χ4v) is 8.74. The number of alkyl halides is 2. The summed E-state index contributed by atoms with van der Waals surface area (Å²) in [5, 5.41) is 24.7. The van der Waals surface area contributed by atoms with Crippen LogP contribution < -0.4 is 11.2 Å². The molecular weight excluding hydrogens is 807 g/mol. The quantitative estimate of drug-likeness (QED) is 0.0178. The van der Waals surface area contributed by atoms with Crippen molar-refractivity contribution in [3.63, 3.8) is 0 Å². The molecule has 1 amide bonds. The summed E-state index contributed by atoms with van der Waals surface area (Å²) in [6.45, 7) is 14.2. The number of rotatable bonds is 33. The molecule has 3 rings (SSSR count). The summed E-state index contributed by atoms with van der Waals surface area (Å²) in [7, 11) is 0. The minimum atomic E-state index is -2.67. The molecule has 4 unspecified atom stereocenters. The lowest BCUT2D eigenvalue weighted by atomic mass is 9.86. The molecule has 2 aliphatic rings. The molecule has 1 aliphatic carbocycles. The number of nitrogens with two attached hydrogens (primary N) is 1. The van der Waals surface area contributed by atoms with E-state index in [1.54, 1.807) is 13.1 Å². The molecule has 13 nitrogen and oxygen atoms in total. The smallest absolute Gasteiger partial charge is 0.248 e. The number of carbonyl (C=O) groups is 1. The minimum Gasteiger partial charge on any atom is -0.379 e. The van der Waals surface area contributed by atoms with Gasteiger partial charge in [0.15, 0.2) is 0 Å². The summed E-state index contributed by atoms with van der Waals surface area (Å²) in [6.07, 6.45) is 14.0. The van der Waals surface area contributed by atoms with E-state index in [9.17, 15) is 13.6 Å². The Balaban J connectivity index is 1.30. The van der Waals surface area contributed by atoms with Crippen LogP contribution in [-0.2, 0) is 23.7 Å². The van der Waals surface area contributed by atoms with Gasteiger partial charge in [0.1, 0.15) is 5.84 Å². The lowest BCUT2D eigenvalue weighted by Crippen LogP contribution is -2.46. The number of amides is 1. The molecule has 2 fully saturated rings. The van der Waals surface area contributed by atoms with Crippen LogP contribution in [-0.4, -0.2) is 129 Å². The van der Waals surface area contributed by atoms with Crippen molar-refractivity contribution in [1.29, 1.82) is 10.8 Å². The summed E-state index contributed by atoms with van der Waals surface area (Å²) in [5.41, 5.74) is 1.81. The van der Waals surface area contributed by atoms with Crippen LogP contribution in [0.15, 0.2) is 40.4 Å². The van der Waals surface area contributed by atoms with Crippen LogP contribution in [0.4, 0.5) is 8.78 Å². The molecule has 0 aromatic heterocycles. The van der Waals surface area contributed by atoms with Crippen molar-refractivity contribution in [3.8, 4) is 0 Å². The van der Waals surface area contributed by atoms with E-state index in [4.69, 9.17) is 35.6 Å². The van der Waals surface area contributed by atoms with Crippen LogP contribution in [0.2, 0.25) is 0 Å². The van der Waals surface area contributed by atoms with Gasteiger partial charge in [0.2, 0.25) is 11.8 Å². The van der Waals surface area contributed by atoms with Gasteiger partial charge in [-0.15, -0.1) is 0 Å². The molecule has 4 atom stereocenters. The minimum absolute atomic E-state index is 0.00742. The molecule has 1 aromatic rings. The first-order chi connectivity index (χ1) is 30.5. The molecule has 0 spiro atoms. The van der Waals surface area contributed by atoms with E-state index < -0.39 is 5.92 Å². The zero-order valence-corrected chi connectivity index (χ0v) is 39.1. The van der Waals surface area contributed by atoms with Crippen LogP contribution in [0.3, 0.4) is 0 Å². The maximum absolute atomic E-state index is 13.8. The average Bonchev–Trinajstić information content (AvgIpc) is 3.61. The van der Waals surface area contributed by atoms with Crippen LogP contribution >= 0.6 is 0 Å². The molecule has 1 aromatic carbocycles. The van der Waals surface area contributed by atoms with Crippen LogP contribution in [0, 0.1) is 16.7 Å². The van der Waals surface area contributed by atoms with Gasteiger partial charge in [0.05, 0.1) is 70.4 Å². The van der Waals surface area contributed by atoms with Gasteiger partial charge in [-0.1, -0.05) is 62.9 Å². The van der Waals surface area contributed by atoms with Crippen LogP contribution in [0.25, 0.3) is 0 Å². The number of unbranched alkanes of at least 4 members (excludes halogenated alkanes) is 5. The van der Waals surface area contributed by atoms with Crippen molar-refractivity contribution < 1.29 is 32.5 Å². The molecule has 1 saturated carbocycles. The van der Waals surface area contributed by atoms with Gasteiger partial charge in [-0.05, 0) is 90.5 Å². The Morgan fingerprint density at radius 3 is 2.10 bits per heavy atom. The average molecular weight is 889 g/mol. The fourth-order valence-electron chi connectivity index (χ4n) is 8.74. The monoisotopic (exact) mass is 889 g/mol. The van der Waals surface area contributed by atoms with E-state index >= 15 is 0 Å². The largest absolute Gasteiger partial charge is 0.379 e. The third-order valence-electron chi connectivity index (χ3n) is 12.3. The van der Waals surface area contributed by atoms with Crippen molar-refractivity contribution in [2.24, 2.45) is 21.9 Å². The molecular formula is C48H82F2N8O5. The number of nitrogens with one attached hydrogen (secondary N) is 3. The van der Waals surface area contributed by atoms with Gasteiger partial charge in [-0.2, -0.15) is 5.10 Å². The third kappa shape index (κ3) is 21.9. The summed E-state index contributed by atoms with van der Waals surface area (Å²) < 4.78 is 49.6. The predicted molar refractivity (Wildman–Crippen MR) is 251 cm³/mol. The highest BCUT2D eigenvalue weighted by atomic mass is 19.3. The number of hydrazone groups is 1. The normalized spacial score (nSPS) is 19.4. The summed E-state index contributed by atoms with van der Waals surface area (Å²) >= 11 is 0. The van der Waals surface area contributed by atoms with Crippen molar-refractivity contribution in [2.75, 3.05) is 65.9 Å². The topological polar surface area (TPSA) is 171 Å². The number of aliphatic imine (C=N–C) groups is 1. The second-order valence-corrected chi connectivity index (χ2v) is 17.4. The molecule has 0 bridgehead atoms. The molecule has 63 heavy (non-hydrogen) atoms. The van der Waals surface area contributed by atoms with Crippen molar-refractivity contribution in [3.05, 3.63) is 35.9 Å². The van der Waals surface area contributed by atoms with Gasteiger partial charge in [-0.25, -0.2) is 8.78 Å². The van der Waals surface area contributed by atoms with Crippen LogP contribution in [0.5, 0.6) is 0 Å². The number of amidine groups is 2. The maximum Gasteiger partial charge on any atom is 0.248 e. The van der Waals surface area contributed by atoms with E-state index in [1.165, 1.54) is 0 Å². The number of hydrogen-bond donors (Lipinski definition) is 4. The number of carbonyl (C=O) groups excluding carboxylic acids is 1. The SMILES string of the molecule is CCCOCCOCCOCCOCCN=C/C(CCCCCCCCC(=N)N(C(C)=N)C(C)CC1CCC(C)N1CCC(NC(=O)C1CCC(F)(F)CC1)c1ccccc1)=N\N. The second kappa shape index (κ2) is 31.5. The number of likely N-dealkylation sites (tertiary alicyclic amines) is 1. The van der Waals surface area contributed by atoms with Crippen molar-refractivity contribution in [2.45, 2.75) is 167 Å². The molecule has 1 heterocycles. The van der Waals surface area contributed by atoms with Gasteiger partial charge >= 0.3 is 0 Å². The Morgan fingerprint density at radius 2 is 1.49 bits per heavy atom. The highest BCUT2D eigenvalue weighted by Crippen LogP contribution is 2.37. The molecule has 0 radical (unpaired) electrons. The van der Waals surface area contributed by atoms with E-state index in [1.807, 2.05) is 35.2 Å². The molecule has 1 saturated heterocycles. The van der Waals surface area contributed by atoms with Crippen molar-refractivity contribution in [1.82, 2.24) is 15.1 Å². The number of halogens is 2. The lowest BCUT2D eigenvalue weighted by Gasteiger charge is -2.36. The maximum atomic E-state index is 13.8. The van der Waals surface area contributed by atoms with Gasteiger partial charge in [-0.3, -0.25) is 25.5 Å². The first-order valence-electron chi connectivity index (χ1n) is 23.9. The molecule has 358 valence electrons. The lowest BCUT2D eigenvalue weighted by molar-refractivity contribution is -0.130. The summed E-state index contributed by atoms with van der Waals surface area (Å²) in [5.74, 6) is 3.35. The van der Waals surface area contributed by atoms with E-state index in [0.29, 0.717) is 89.4 Å². The van der Waals surface area contributed by atoms with Gasteiger partial charge in [0, 0.05) is 62.7 Å². The second-order valence-electron chi connectivity index (χ2n) is 17.4. The highest BCUT2D eigenvalue weighted by Gasteiger charge is 2.38. The fraction of sp³-hybridized carbons (Fsp3) is 0.771. The number of ether oxygens (including phenoxy) is 4. The molecule has 15 heteroatoms. The van der Waals surface area contributed by atoms with E-state index in [-0.39, 0.29) is 49.6 Å². The first-order valence-corrected chi connectivity index (χ1v) is 23.9. The van der Waals surface area contributed by atoms with Crippen LogP contribution in [0.1, 0.15) is 148 Å². The Morgan fingerprint density at radius 1 is 0.905 bits per heavy atom. The highest BCUT2D eigenvalue weighted by molar-refractivity contribution is 6.30. The van der Waals surface area contributed by atoms with E-state index in [2.05, 4.69) is 41.1 Å². The van der Waals surface area contributed by atoms with E-state index in [0.717, 1.165) is 95.1 Å². The number of nitrogens with zero attached hydrogens (tertiary/aromatic N) is 4. The zero-order valence-electron chi connectivity index (χ0n) is 39.1.